The Kier molecular flexibility index (Phi) is 5.04. The van der Waals surface area contributed by atoms with Crippen LogP contribution in [0.15, 0.2) is 34.4 Å². The average molecular weight is 346 g/mol. The number of thiazole rings is 1. The van der Waals surface area contributed by atoms with Crippen molar-refractivity contribution in [1.29, 1.82) is 0 Å². The summed E-state index contributed by atoms with van der Waals surface area (Å²) >= 11 is 1.19. The van der Waals surface area contributed by atoms with Gasteiger partial charge in [-0.25, -0.2) is 0 Å². The number of nitrogens with zero attached hydrogens (tertiary/aromatic N) is 2. The Morgan fingerprint density at radius 3 is 2.58 bits per heavy atom. The van der Waals surface area contributed by atoms with Crippen LogP contribution in [-0.2, 0) is 17.9 Å². The Balaban J connectivity index is 1.64. The van der Waals surface area contributed by atoms with Gasteiger partial charge in [0.15, 0.2) is 0 Å². The van der Waals surface area contributed by atoms with E-state index in [2.05, 4.69) is 0 Å². The van der Waals surface area contributed by atoms with E-state index < -0.39 is 0 Å². The molecular formula is C18H22N2O3S. The predicted octanol–water partition coefficient (Wildman–Crippen LogP) is 2.81. The summed E-state index contributed by atoms with van der Waals surface area (Å²) in [6.07, 6.45) is 2.50. The van der Waals surface area contributed by atoms with Gasteiger partial charge in [0, 0.05) is 36.6 Å². The molecule has 3 rings (SSSR count). The molecule has 1 amide bonds. The second kappa shape index (κ2) is 7.21. The number of aryl methyl sites for hydroxylation is 1. The number of carbonyl (C=O) groups is 1. The van der Waals surface area contributed by atoms with E-state index in [1.165, 1.54) is 11.3 Å². The number of carbonyl (C=O) groups excluding carboxylic acids is 1. The number of benzene rings is 1. The Labute approximate surface area is 145 Å². The Morgan fingerprint density at radius 2 is 2.04 bits per heavy atom. The second-order valence-corrected chi connectivity index (χ2v) is 6.97. The van der Waals surface area contributed by atoms with E-state index >= 15 is 0 Å². The topological polar surface area (TPSA) is 51.5 Å². The summed E-state index contributed by atoms with van der Waals surface area (Å²) in [5.74, 6) is 0.932. The molecule has 1 saturated carbocycles. The third-order valence-corrected chi connectivity index (χ3v) is 5.23. The van der Waals surface area contributed by atoms with Gasteiger partial charge >= 0.3 is 4.87 Å². The molecule has 1 fully saturated rings. The van der Waals surface area contributed by atoms with E-state index in [4.69, 9.17) is 4.74 Å². The van der Waals surface area contributed by atoms with Crippen molar-refractivity contribution in [2.24, 2.45) is 0 Å². The van der Waals surface area contributed by atoms with Gasteiger partial charge in [-0.2, -0.15) is 0 Å². The molecule has 1 aliphatic rings. The molecule has 1 aromatic heterocycles. The average Bonchev–Trinajstić information content (AvgIpc) is 3.38. The Morgan fingerprint density at radius 1 is 1.33 bits per heavy atom. The molecule has 6 heteroatoms. The van der Waals surface area contributed by atoms with Crippen LogP contribution in [0.4, 0.5) is 0 Å². The number of hydrogen-bond acceptors (Lipinski definition) is 4. The maximum Gasteiger partial charge on any atom is 0.307 e. The Hall–Kier alpha value is -2.08. The first-order chi connectivity index (χ1) is 11.6. The molecule has 0 unspecified atom stereocenters. The third-order valence-electron chi connectivity index (χ3n) is 4.35. The number of aromatic nitrogens is 1. The minimum Gasteiger partial charge on any atom is -0.497 e. The van der Waals surface area contributed by atoms with Gasteiger partial charge in [-0.3, -0.25) is 9.59 Å². The lowest BCUT2D eigenvalue weighted by Gasteiger charge is -2.23. The normalized spacial score (nSPS) is 13.8. The molecule has 0 aliphatic heterocycles. The SMILES string of the molecule is COc1ccc(CN(C(=O)CCn2c(C)csc2=O)C2CC2)cc1. The van der Waals surface area contributed by atoms with Crippen LogP contribution in [0.3, 0.4) is 0 Å². The minimum atomic E-state index is 0.00780. The first-order valence-electron chi connectivity index (χ1n) is 8.16. The fourth-order valence-electron chi connectivity index (χ4n) is 2.76. The molecule has 128 valence electrons. The number of ether oxygens (including phenoxy) is 1. The summed E-state index contributed by atoms with van der Waals surface area (Å²) in [5, 5.41) is 1.84. The van der Waals surface area contributed by atoms with Crippen molar-refractivity contribution in [3.63, 3.8) is 0 Å². The first-order valence-corrected chi connectivity index (χ1v) is 9.04. The number of hydrogen-bond donors (Lipinski definition) is 0. The standard InChI is InChI=1S/C18H22N2O3S/c1-13-12-24-18(22)19(13)10-9-17(21)20(15-5-6-15)11-14-3-7-16(23-2)8-4-14/h3-4,7-8,12,15H,5-6,9-11H2,1-2H3. The summed E-state index contributed by atoms with van der Waals surface area (Å²) in [5.41, 5.74) is 2.02. The van der Waals surface area contributed by atoms with Crippen LogP contribution in [0.5, 0.6) is 5.75 Å². The zero-order valence-corrected chi connectivity index (χ0v) is 14.8. The van der Waals surface area contributed by atoms with Crippen molar-refractivity contribution in [3.05, 3.63) is 50.6 Å². The van der Waals surface area contributed by atoms with Gasteiger partial charge in [0.25, 0.3) is 0 Å². The smallest absolute Gasteiger partial charge is 0.307 e. The van der Waals surface area contributed by atoms with Gasteiger partial charge < -0.3 is 14.2 Å². The van der Waals surface area contributed by atoms with E-state index in [1.807, 2.05) is 41.5 Å². The van der Waals surface area contributed by atoms with Crippen molar-refractivity contribution in [2.45, 2.75) is 45.3 Å². The van der Waals surface area contributed by atoms with Crippen LogP contribution in [0.2, 0.25) is 0 Å². The van der Waals surface area contributed by atoms with Gasteiger partial charge in [0.05, 0.1) is 7.11 Å². The molecule has 0 spiro atoms. The van der Waals surface area contributed by atoms with Crippen LogP contribution < -0.4 is 9.61 Å². The fourth-order valence-corrected chi connectivity index (χ4v) is 3.52. The maximum absolute atomic E-state index is 12.7. The zero-order valence-electron chi connectivity index (χ0n) is 14.0. The van der Waals surface area contributed by atoms with E-state index in [0.717, 1.165) is 29.8 Å². The van der Waals surface area contributed by atoms with Crippen molar-refractivity contribution in [1.82, 2.24) is 9.47 Å². The zero-order chi connectivity index (χ0) is 17.1. The van der Waals surface area contributed by atoms with Crippen LogP contribution in [0, 0.1) is 6.92 Å². The molecule has 0 radical (unpaired) electrons. The summed E-state index contributed by atoms with van der Waals surface area (Å²) in [6, 6.07) is 8.17. The van der Waals surface area contributed by atoms with Gasteiger partial charge in [0.2, 0.25) is 5.91 Å². The molecule has 0 atom stereocenters. The quantitative estimate of drug-likeness (QED) is 0.775. The fraction of sp³-hybridized carbons (Fsp3) is 0.444. The number of methoxy groups -OCH3 is 1. The lowest BCUT2D eigenvalue weighted by atomic mass is 10.2. The molecule has 0 bridgehead atoms. The summed E-state index contributed by atoms with van der Waals surface area (Å²) in [6.45, 7) is 2.97. The lowest BCUT2D eigenvalue weighted by molar-refractivity contribution is -0.132. The van der Waals surface area contributed by atoms with E-state index in [9.17, 15) is 9.59 Å². The first kappa shape index (κ1) is 16.8. The minimum absolute atomic E-state index is 0.00780. The lowest BCUT2D eigenvalue weighted by Crippen LogP contribution is -2.33. The van der Waals surface area contributed by atoms with E-state index in [-0.39, 0.29) is 10.8 Å². The summed E-state index contributed by atoms with van der Waals surface area (Å²) in [4.78, 5) is 26.4. The molecule has 0 N–H and O–H groups in total. The monoisotopic (exact) mass is 346 g/mol. The van der Waals surface area contributed by atoms with E-state index in [1.54, 1.807) is 11.7 Å². The number of rotatable bonds is 7. The highest BCUT2D eigenvalue weighted by Gasteiger charge is 2.32. The highest BCUT2D eigenvalue weighted by Crippen LogP contribution is 2.29. The van der Waals surface area contributed by atoms with Gasteiger partial charge in [-0.1, -0.05) is 23.5 Å². The van der Waals surface area contributed by atoms with E-state index in [0.29, 0.717) is 25.6 Å². The van der Waals surface area contributed by atoms with Crippen LogP contribution in [0.25, 0.3) is 0 Å². The van der Waals surface area contributed by atoms with Crippen molar-refractivity contribution in [2.75, 3.05) is 7.11 Å². The van der Waals surface area contributed by atoms with Crippen LogP contribution in [0.1, 0.15) is 30.5 Å². The maximum atomic E-state index is 12.7. The predicted molar refractivity (Wildman–Crippen MR) is 94.5 cm³/mol. The van der Waals surface area contributed by atoms with Crippen molar-refractivity contribution < 1.29 is 9.53 Å². The van der Waals surface area contributed by atoms with Crippen molar-refractivity contribution >= 4 is 17.2 Å². The largest absolute Gasteiger partial charge is 0.497 e. The molecule has 1 heterocycles. The Bertz CT molecular complexity index is 759. The molecule has 24 heavy (non-hydrogen) atoms. The molecule has 0 saturated heterocycles. The summed E-state index contributed by atoms with van der Waals surface area (Å²) < 4.78 is 6.85. The highest BCUT2D eigenvalue weighted by atomic mass is 32.1. The van der Waals surface area contributed by atoms with Crippen molar-refractivity contribution in [3.8, 4) is 5.75 Å². The number of amides is 1. The molecule has 1 aromatic carbocycles. The van der Waals surface area contributed by atoms with Gasteiger partial charge in [0.1, 0.15) is 5.75 Å². The van der Waals surface area contributed by atoms with Gasteiger partial charge in [-0.05, 0) is 37.5 Å². The molecule has 1 aliphatic carbocycles. The molecule has 5 nitrogen and oxygen atoms in total. The second-order valence-electron chi connectivity index (χ2n) is 6.15. The van der Waals surface area contributed by atoms with Crippen LogP contribution >= 0.6 is 11.3 Å². The van der Waals surface area contributed by atoms with Crippen LogP contribution in [-0.4, -0.2) is 28.5 Å². The third kappa shape index (κ3) is 3.87. The summed E-state index contributed by atoms with van der Waals surface area (Å²) in [7, 11) is 1.64. The molecule has 2 aromatic rings. The molecular weight excluding hydrogens is 324 g/mol. The highest BCUT2D eigenvalue weighted by molar-refractivity contribution is 7.07. The van der Waals surface area contributed by atoms with Gasteiger partial charge in [-0.15, -0.1) is 0 Å².